The molecule has 0 aliphatic carbocycles. The SMILES string of the molecule is CC(C)(C)OC(=O)N1CCN(CC(=O)O)CC1.[Li]. The van der Waals surface area contributed by atoms with Crippen LogP contribution in [-0.4, -0.2) is 84.2 Å². The number of amides is 1. The Kier molecular flexibility index (Phi) is 6.75. The number of carbonyl (C=O) groups excluding carboxylic acids is 1. The molecule has 0 aromatic heterocycles. The summed E-state index contributed by atoms with van der Waals surface area (Å²) < 4.78 is 5.25. The molecule has 1 fully saturated rings. The van der Waals surface area contributed by atoms with E-state index in [2.05, 4.69) is 0 Å². The predicted molar refractivity (Wildman–Crippen MR) is 67.6 cm³/mol. The van der Waals surface area contributed by atoms with Crippen LogP contribution >= 0.6 is 0 Å². The summed E-state index contributed by atoms with van der Waals surface area (Å²) in [5.41, 5.74) is -0.491. The van der Waals surface area contributed by atoms with E-state index < -0.39 is 11.6 Å². The molecular formula is C11H20LiN2O4. The minimum absolute atomic E-state index is 0. The van der Waals surface area contributed by atoms with Gasteiger partial charge in [0.25, 0.3) is 0 Å². The van der Waals surface area contributed by atoms with Crippen LogP contribution in [0.2, 0.25) is 0 Å². The third kappa shape index (κ3) is 6.29. The van der Waals surface area contributed by atoms with Crippen LogP contribution < -0.4 is 0 Å². The summed E-state index contributed by atoms with van der Waals surface area (Å²) in [6.45, 7) is 7.69. The summed E-state index contributed by atoms with van der Waals surface area (Å²) in [6, 6.07) is 0. The quantitative estimate of drug-likeness (QED) is 0.712. The van der Waals surface area contributed by atoms with Gasteiger partial charge in [-0.05, 0) is 20.8 Å². The van der Waals surface area contributed by atoms with Crippen LogP contribution in [0.4, 0.5) is 4.79 Å². The standard InChI is InChI=1S/C11H20N2O4.Li/c1-11(2,3)17-10(16)13-6-4-12(5-7-13)8-9(14)15;/h4-8H2,1-3H3,(H,14,15);. The van der Waals surface area contributed by atoms with Gasteiger partial charge in [-0.15, -0.1) is 0 Å². The molecule has 18 heavy (non-hydrogen) atoms. The van der Waals surface area contributed by atoms with Crippen molar-refractivity contribution in [3.63, 3.8) is 0 Å². The molecule has 1 aliphatic rings. The summed E-state index contributed by atoms with van der Waals surface area (Å²) in [6.07, 6.45) is -0.326. The Morgan fingerprint density at radius 2 is 1.67 bits per heavy atom. The largest absolute Gasteiger partial charge is 0.480 e. The van der Waals surface area contributed by atoms with Crippen LogP contribution in [0.1, 0.15) is 20.8 Å². The molecule has 0 unspecified atom stereocenters. The first-order valence-electron chi connectivity index (χ1n) is 5.70. The Labute approximate surface area is 119 Å². The van der Waals surface area contributed by atoms with Crippen molar-refractivity contribution in [1.29, 1.82) is 0 Å². The molecular weight excluding hydrogens is 231 g/mol. The van der Waals surface area contributed by atoms with Crippen molar-refractivity contribution in [2.45, 2.75) is 26.4 Å². The van der Waals surface area contributed by atoms with Crippen LogP contribution in [0.3, 0.4) is 0 Å². The van der Waals surface area contributed by atoms with Crippen molar-refractivity contribution in [3.8, 4) is 0 Å². The number of hydrogen-bond acceptors (Lipinski definition) is 4. The molecule has 0 bridgehead atoms. The zero-order valence-corrected chi connectivity index (χ0v) is 11.6. The van der Waals surface area contributed by atoms with E-state index in [1.165, 1.54) is 0 Å². The molecule has 1 heterocycles. The molecule has 1 amide bonds. The van der Waals surface area contributed by atoms with Gasteiger partial charge in [-0.1, -0.05) is 0 Å². The third-order valence-electron chi connectivity index (χ3n) is 2.38. The molecule has 1 aliphatic heterocycles. The molecule has 6 nitrogen and oxygen atoms in total. The molecule has 0 saturated carbocycles. The topological polar surface area (TPSA) is 70.1 Å². The molecule has 1 rings (SSSR count). The van der Waals surface area contributed by atoms with E-state index in [0.717, 1.165) is 0 Å². The van der Waals surface area contributed by atoms with Gasteiger partial charge in [-0.3, -0.25) is 9.69 Å². The van der Waals surface area contributed by atoms with Gasteiger partial charge < -0.3 is 14.7 Å². The summed E-state index contributed by atoms with van der Waals surface area (Å²) in [5, 5.41) is 8.65. The number of piperazine rings is 1. The maximum absolute atomic E-state index is 11.7. The maximum atomic E-state index is 11.7. The molecule has 1 saturated heterocycles. The van der Waals surface area contributed by atoms with Crippen LogP contribution in [0, 0.1) is 0 Å². The Balaban J connectivity index is 0.00000289. The summed E-state index contributed by atoms with van der Waals surface area (Å²) in [7, 11) is 0. The smallest absolute Gasteiger partial charge is 0.410 e. The fourth-order valence-corrected chi connectivity index (χ4v) is 1.61. The average Bonchev–Trinajstić information content (AvgIpc) is 2.15. The molecule has 0 spiro atoms. The van der Waals surface area contributed by atoms with Crippen molar-refractivity contribution >= 4 is 30.9 Å². The van der Waals surface area contributed by atoms with Crippen molar-refractivity contribution in [1.82, 2.24) is 9.80 Å². The van der Waals surface area contributed by atoms with Gasteiger partial charge in [0.05, 0.1) is 6.54 Å². The van der Waals surface area contributed by atoms with Crippen molar-refractivity contribution in [2.75, 3.05) is 32.7 Å². The van der Waals surface area contributed by atoms with Gasteiger partial charge in [0.15, 0.2) is 0 Å². The first-order chi connectivity index (χ1) is 7.78. The Morgan fingerprint density at radius 1 is 1.17 bits per heavy atom. The number of rotatable bonds is 2. The Hall–Kier alpha value is -0.703. The Bertz CT molecular complexity index is 296. The van der Waals surface area contributed by atoms with E-state index >= 15 is 0 Å². The van der Waals surface area contributed by atoms with Gasteiger partial charge in [0.1, 0.15) is 5.60 Å². The molecule has 7 heteroatoms. The van der Waals surface area contributed by atoms with Gasteiger partial charge in [-0.2, -0.15) is 0 Å². The molecule has 0 atom stereocenters. The van der Waals surface area contributed by atoms with E-state index in [9.17, 15) is 9.59 Å². The van der Waals surface area contributed by atoms with Gasteiger partial charge >= 0.3 is 12.1 Å². The second-order valence-corrected chi connectivity index (χ2v) is 5.14. The second-order valence-electron chi connectivity index (χ2n) is 5.14. The molecule has 1 radical (unpaired) electrons. The normalized spacial score (nSPS) is 16.9. The van der Waals surface area contributed by atoms with E-state index in [0.29, 0.717) is 26.2 Å². The van der Waals surface area contributed by atoms with Crippen LogP contribution in [0.5, 0.6) is 0 Å². The van der Waals surface area contributed by atoms with Crippen LogP contribution in [0.25, 0.3) is 0 Å². The number of carbonyl (C=O) groups is 2. The minimum Gasteiger partial charge on any atom is -0.480 e. The van der Waals surface area contributed by atoms with Gasteiger partial charge in [0.2, 0.25) is 0 Å². The molecule has 0 aromatic rings. The third-order valence-corrected chi connectivity index (χ3v) is 2.38. The second kappa shape index (κ2) is 7.03. The van der Waals surface area contributed by atoms with Crippen molar-refractivity contribution in [2.24, 2.45) is 0 Å². The van der Waals surface area contributed by atoms with E-state index in [-0.39, 0.29) is 31.5 Å². The zero-order chi connectivity index (χ0) is 13.1. The number of carboxylic acid groups (broad SMARTS) is 1. The number of nitrogens with zero attached hydrogens (tertiary/aromatic N) is 2. The fourth-order valence-electron chi connectivity index (χ4n) is 1.61. The van der Waals surface area contributed by atoms with E-state index in [1.54, 1.807) is 4.90 Å². The molecule has 1 N–H and O–H groups in total. The zero-order valence-electron chi connectivity index (χ0n) is 11.6. The maximum Gasteiger partial charge on any atom is 0.410 e. The summed E-state index contributed by atoms with van der Waals surface area (Å²) in [4.78, 5) is 25.7. The van der Waals surface area contributed by atoms with Gasteiger partial charge in [0, 0.05) is 45.0 Å². The first-order valence-corrected chi connectivity index (χ1v) is 5.70. The first kappa shape index (κ1) is 17.3. The fraction of sp³-hybridized carbons (Fsp3) is 0.818. The van der Waals surface area contributed by atoms with Crippen molar-refractivity contribution in [3.05, 3.63) is 0 Å². The number of aliphatic carboxylic acids is 1. The molecule has 0 aromatic carbocycles. The summed E-state index contributed by atoms with van der Waals surface area (Å²) >= 11 is 0. The van der Waals surface area contributed by atoms with Crippen molar-refractivity contribution < 1.29 is 19.4 Å². The monoisotopic (exact) mass is 251 g/mol. The van der Waals surface area contributed by atoms with E-state index in [1.807, 2.05) is 25.7 Å². The summed E-state index contributed by atoms with van der Waals surface area (Å²) in [5.74, 6) is -0.837. The number of carboxylic acids is 1. The van der Waals surface area contributed by atoms with Gasteiger partial charge in [-0.25, -0.2) is 4.79 Å². The molecule has 99 valence electrons. The minimum atomic E-state index is -0.837. The number of ether oxygens (including phenoxy) is 1. The van der Waals surface area contributed by atoms with E-state index in [4.69, 9.17) is 9.84 Å². The number of hydrogen-bond donors (Lipinski definition) is 1. The predicted octanol–water partition coefficient (Wildman–Crippen LogP) is 0.243. The average molecular weight is 251 g/mol. The van der Waals surface area contributed by atoms with Crippen LogP contribution in [-0.2, 0) is 9.53 Å². The Morgan fingerprint density at radius 3 is 2.06 bits per heavy atom. The van der Waals surface area contributed by atoms with Crippen LogP contribution in [0.15, 0.2) is 0 Å².